The van der Waals surface area contributed by atoms with Crippen molar-refractivity contribution in [1.82, 2.24) is 30.0 Å². The van der Waals surface area contributed by atoms with Crippen molar-refractivity contribution in [3.8, 4) is 0 Å². The Morgan fingerprint density at radius 1 is 1.34 bits per heavy atom. The number of aromatic nitrogens is 4. The van der Waals surface area contributed by atoms with Crippen LogP contribution in [0.3, 0.4) is 0 Å². The lowest BCUT2D eigenvalue weighted by Crippen LogP contribution is -2.52. The maximum absolute atomic E-state index is 13.0. The van der Waals surface area contributed by atoms with Gasteiger partial charge in [0, 0.05) is 47.9 Å². The van der Waals surface area contributed by atoms with Gasteiger partial charge in [-0.05, 0) is 13.8 Å². The first-order valence-corrected chi connectivity index (χ1v) is 11.7. The molecule has 0 aliphatic carbocycles. The lowest BCUT2D eigenvalue weighted by Gasteiger charge is -2.30. The van der Waals surface area contributed by atoms with Crippen molar-refractivity contribution in [3.63, 3.8) is 0 Å². The highest BCUT2D eigenvalue weighted by molar-refractivity contribution is 7.99. The summed E-state index contributed by atoms with van der Waals surface area (Å²) >= 11 is 1.48. The fourth-order valence-corrected chi connectivity index (χ4v) is 4.93. The van der Waals surface area contributed by atoms with Gasteiger partial charge in [-0.2, -0.15) is 5.10 Å². The fourth-order valence-electron chi connectivity index (χ4n) is 3.82. The summed E-state index contributed by atoms with van der Waals surface area (Å²) in [6.45, 7) is 9.77. The zero-order valence-electron chi connectivity index (χ0n) is 18.9. The summed E-state index contributed by atoms with van der Waals surface area (Å²) in [6, 6.07) is 1.55. The van der Waals surface area contributed by atoms with Gasteiger partial charge in [-0.15, -0.1) is 0 Å². The fraction of sp³-hybridized carbons (Fsp3) is 0.571. The smallest absolute Gasteiger partial charge is 0.257 e. The zero-order chi connectivity index (χ0) is 23.2. The molecule has 4 heterocycles. The lowest BCUT2D eigenvalue weighted by atomic mass is 9.92. The van der Waals surface area contributed by atoms with Crippen LogP contribution in [0, 0.1) is 6.92 Å². The van der Waals surface area contributed by atoms with Crippen molar-refractivity contribution in [2.45, 2.75) is 76.4 Å². The molecule has 1 fully saturated rings. The number of anilines is 1. The van der Waals surface area contributed by atoms with Crippen LogP contribution >= 0.6 is 11.8 Å². The van der Waals surface area contributed by atoms with E-state index in [4.69, 9.17) is 0 Å². The number of amides is 2. The summed E-state index contributed by atoms with van der Waals surface area (Å²) in [4.78, 5) is 41.9. The van der Waals surface area contributed by atoms with Gasteiger partial charge in [0.2, 0.25) is 11.8 Å². The summed E-state index contributed by atoms with van der Waals surface area (Å²) in [5, 5.41) is 14.4. The second-order valence-corrected chi connectivity index (χ2v) is 10.5. The minimum Gasteiger partial charge on any atom is -0.322 e. The van der Waals surface area contributed by atoms with Crippen molar-refractivity contribution < 1.29 is 9.59 Å². The molecule has 0 spiro atoms. The van der Waals surface area contributed by atoms with E-state index >= 15 is 0 Å². The van der Waals surface area contributed by atoms with Gasteiger partial charge in [-0.1, -0.05) is 32.5 Å². The molecule has 1 saturated heterocycles. The third-order valence-electron chi connectivity index (χ3n) is 5.57. The molecule has 32 heavy (non-hydrogen) atoms. The Bertz CT molecular complexity index is 1120. The first-order valence-electron chi connectivity index (χ1n) is 10.7. The number of rotatable bonds is 4. The number of fused-ring (bicyclic) bond motifs is 1. The van der Waals surface area contributed by atoms with Crippen LogP contribution in [0.2, 0.25) is 0 Å². The number of thioether (sulfide) groups is 1. The van der Waals surface area contributed by atoms with Crippen molar-refractivity contribution >= 4 is 29.4 Å². The van der Waals surface area contributed by atoms with E-state index in [0.29, 0.717) is 28.7 Å². The number of aryl methyl sites for hydroxylation is 1. The van der Waals surface area contributed by atoms with Crippen LogP contribution in [0.25, 0.3) is 0 Å². The summed E-state index contributed by atoms with van der Waals surface area (Å²) in [5.74, 6) is 0.804. The Hall–Kier alpha value is -2.66. The third kappa shape index (κ3) is 4.44. The lowest BCUT2D eigenvalue weighted by molar-refractivity contribution is -0.125. The summed E-state index contributed by atoms with van der Waals surface area (Å²) < 4.78 is 3.23. The van der Waals surface area contributed by atoms with Crippen LogP contribution in [0.5, 0.6) is 0 Å². The predicted octanol–water partition coefficient (Wildman–Crippen LogP) is 1.68. The standard InChI is InChI=1S/C21H29N7O3S/c1-11-9-22-20-27(18(11)31)13(10-32-20)7-17(30)24-15-8-14(21(3,4)5)26-28(15)19-23-12(2)6-16(29)25-19/h8-9,12-13,19,23H,6-7,10H2,1-5H3,(H,24,30)(H,25,29). The van der Waals surface area contributed by atoms with Crippen molar-refractivity contribution in [3.05, 3.63) is 33.9 Å². The van der Waals surface area contributed by atoms with E-state index in [9.17, 15) is 14.4 Å². The average Bonchev–Trinajstić information content (AvgIpc) is 3.28. The number of nitrogens with one attached hydrogen (secondary N) is 3. The van der Waals surface area contributed by atoms with Gasteiger partial charge in [-0.3, -0.25) is 24.3 Å². The van der Waals surface area contributed by atoms with Gasteiger partial charge in [0.05, 0.1) is 11.7 Å². The number of nitrogens with zero attached hydrogens (tertiary/aromatic N) is 4. The van der Waals surface area contributed by atoms with E-state index in [0.717, 1.165) is 5.69 Å². The van der Waals surface area contributed by atoms with E-state index in [1.54, 1.807) is 22.4 Å². The number of hydrogen-bond acceptors (Lipinski definition) is 7. The second kappa shape index (κ2) is 8.36. The SMILES string of the molecule is Cc1cnc2n(c1=O)C(CC(=O)Nc1cc(C(C)(C)C)nn1C1NC(=O)CC(C)N1)CS2. The molecule has 10 nitrogen and oxygen atoms in total. The third-order valence-corrected chi connectivity index (χ3v) is 6.68. The second-order valence-electron chi connectivity index (χ2n) is 9.47. The van der Waals surface area contributed by atoms with Gasteiger partial charge < -0.3 is 10.6 Å². The molecule has 0 bridgehead atoms. The average molecular weight is 460 g/mol. The minimum absolute atomic E-state index is 0.0192. The van der Waals surface area contributed by atoms with E-state index in [2.05, 4.69) is 26.0 Å². The molecule has 4 rings (SSSR count). The maximum Gasteiger partial charge on any atom is 0.257 e. The molecule has 0 aromatic carbocycles. The monoisotopic (exact) mass is 459 g/mol. The Morgan fingerprint density at radius 2 is 2.09 bits per heavy atom. The zero-order valence-corrected chi connectivity index (χ0v) is 19.7. The van der Waals surface area contributed by atoms with Gasteiger partial charge in [0.1, 0.15) is 5.82 Å². The Balaban J connectivity index is 1.57. The maximum atomic E-state index is 13.0. The van der Waals surface area contributed by atoms with E-state index in [-0.39, 0.29) is 41.3 Å². The summed E-state index contributed by atoms with van der Waals surface area (Å²) in [7, 11) is 0. The molecule has 11 heteroatoms. The van der Waals surface area contributed by atoms with Crippen molar-refractivity contribution in [2.75, 3.05) is 11.1 Å². The molecule has 2 aromatic heterocycles. The van der Waals surface area contributed by atoms with Crippen LogP contribution in [0.4, 0.5) is 5.82 Å². The van der Waals surface area contributed by atoms with Gasteiger partial charge in [0.25, 0.3) is 5.56 Å². The van der Waals surface area contributed by atoms with Crippen LogP contribution in [-0.2, 0) is 15.0 Å². The molecular formula is C21H29N7O3S. The number of carbonyl (C=O) groups excluding carboxylic acids is 2. The highest BCUT2D eigenvalue weighted by atomic mass is 32.2. The molecule has 3 atom stereocenters. The molecule has 2 aromatic rings. The quantitative estimate of drug-likeness (QED) is 0.595. The van der Waals surface area contributed by atoms with Gasteiger partial charge in [-0.25, -0.2) is 9.67 Å². The first kappa shape index (κ1) is 22.5. The molecule has 2 amide bonds. The van der Waals surface area contributed by atoms with Crippen molar-refractivity contribution in [2.24, 2.45) is 0 Å². The molecule has 2 aliphatic rings. The molecular weight excluding hydrogens is 430 g/mol. The van der Waals surface area contributed by atoms with Crippen LogP contribution < -0.4 is 21.5 Å². The number of carbonyl (C=O) groups is 2. The predicted molar refractivity (Wildman–Crippen MR) is 122 cm³/mol. The van der Waals surface area contributed by atoms with Gasteiger partial charge >= 0.3 is 0 Å². The minimum atomic E-state index is -0.560. The molecule has 2 aliphatic heterocycles. The van der Waals surface area contributed by atoms with Crippen molar-refractivity contribution in [1.29, 1.82) is 0 Å². The van der Waals surface area contributed by atoms with E-state index in [1.807, 2.05) is 33.8 Å². The summed E-state index contributed by atoms with van der Waals surface area (Å²) in [5.41, 5.74) is 0.996. The highest BCUT2D eigenvalue weighted by Crippen LogP contribution is 2.32. The Kier molecular flexibility index (Phi) is 5.89. The van der Waals surface area contributed by atoms with Gasteiger partial charge in [0.15, 0.2) is 11.4 Å². The van der Waals surface area contributed by atoms with Crippen LogP contribution in [0.15, 0.2) is 22.2 Å². The van der Waals surface area contributed by atoms with Crippen LogP contribution in [0.1, 0.15) is 64.1 Å². The topological polar surface area (TPSA) is 123 Å². The normalized spacial score (nSPS) is 23.0. The Labute approximate surface area is 190 Å². The Morgan fingerprint density at radius 3 is 2.78 bits per heavy atom. The molecule has 3 N–H and O–H groups in total. The molecule has 3 unspecified atom stereocenters. The van der Waals surface area contributed by atoms with E-state index in [1.165, 1.54) is 11.8 Å². The first-order chi connectivity index (χ1) is 15.0. The van der Waals surface area contributed by atoms with E-state index < -0.39 is 6.29 Å². The highest BCUT2D eigenvalue weighted by Gasteiger charge is 2.31. The largest absolute Gasteiger partial charge is 0.322 e. The molecule has 0 radical (unpaired) electrons. The van der Waals surface area contributed by atoms with Crippen LogP contribution in [-0.4, -0.2) is 42.9 Å². The molecule has 0 saturated carbocycles. The molecule has 172 valence electrons. The summed E-state index contributed by atoms with van der Waals surface area (Å²) in [6.07, 6.45) is 1.53. The number of hydrogen-bond donors (Lipinski definition) is 3.